The van der Waals surface area contributed by atoms with E-state index in [9.17, 15) is 9.59 Å². The van der Waals surface area contributed by atoms with Crippen LogP contribution in [0, 0.1) is 13.8 Å². The maximum Gasteiger partial charge on any atom is 0.332 e. The van der Waals surface area contributed by atoms with Gasteiger partial charge in [-0.2, -0.15) is 0 Å². The summed E-state index contributed by atoms with van der Waals surface area (Å²) in [5.74, 6) is -0.327. The molecule has 3 aromatic carbocycles. The van der Waals surface area contributed by atoms with Gasteiger partial charge in [0.2, 0.25) is 0 Å². The number of benzene rings is 3. The van der Waals surface area contributed by atoms with Crippen LogP contribution >= 0.6 is 0 Å². The maximum atomic E-state index is 13.6. The van der Waals surface area contributed by atoms with Crippen molar-refractivity contribution in [3.63, 3.8) is 0 Å². The predicted molar refractivity (Wildman–Crippen MR) is 145 cm³/mol. The fourth-order valence-corrected chi connectivity index (χ4v) is 4.34. The third-order valence-electron chi connectivity index (χ3n) is 6.50. The maximum absolute atomic E-state index is 13.6. The Morgan fingerprint density at radius 2 is 1.70 bits per heavy atom. The standard InChI is InChI=1S/C31H31NO5/c1-20-10-16-25(17-11-20)30(33)28-21(2)32(26-8-5-9-27(36-4)29(26)28)18-6-7-23-12-14-24(15-13-23)19-37-22(3)31(34)35/h5-17,22H,18-19H2,1-4H3,(H,34,35)/b7-6+/t22-/m1/s1. The molecule has 0 aliphatic carbocycles. The van der Waals surface area contributed by atoms with Gasteiger partial charge in [0, 0.05) is 17.8 Å². The van der Waals surface area contributed by atoms with Crippen LogP contribution in [0.5, 0.6) is 5.75 Å². The molecule has 0 bridgehead atoms. The number of carboxylic acid groups (broad SMARTS) is 1. The summed E-state index contributed by atoms with van der Waals surface area (Å²) < 4.78 is 13.1. The van der Waals surface area contributed by atoms with Crippen LogP contribution in [-0.2, 0) is 22.7 Å². The number of hydrogen-bond donors (Lipinski definition) is 1. The van der Waals surface area contributed by atoms with Gasteiger partial charge in [-0.1, -0.05) is 72.3 Å². The summed E-state index contributed by atoms with van der Waals surface area (Å²) in [5.41, 5.74) is 6.16. The Labute approximate surface area is 216 Å². The third-order valence-corrected chi connectivity index (χ3v) is 6.50. The van der Waals surface area contributed by atoms with Crippen LogP contribution in [0.25, 0.3) is 17.0 Å². The molecule has 1 atom stereocenters. The van der Waals surface area contributed by atoms with E-state index in [0.29, 0.717) is 23.4 Å². The summed E-state index contributed by atoms with van der Waals surface area (Å²) in [6.07, 6.45) is 3.24. The number of carbonyl (C=O) groups excluding carboxylic acids is 1. The van der Waals surface area contributed by atoms with Gasteiger partial charge in [-0.25, -0.2) is 4.79 Å². The number of aryl methyl sites for hydroxylation is 1. The monoisotopic (exact) mass is 497 g/mol. The molecule has 4 rings (SSSR count). The summed E-state index contributed by atoms with van der Waals surface area (Å²) in [5, 5.41) is 9.77. The number of nitrogens with zero attached hydrogens (tertiary/aromatic N) is 1. The van der Waals surface area contributed by atoms with Crippen LogP contribution in [0.3, 0.4) is 0 Å². The van der Waals surface area contributed by atoms with E-state index in [0.717, 1.165) is 33.3 Å². The Hall–Kier alpha value is -4.16. The zero-order chi connectivity index (χ0) is 26.5. The van der Waals surface area contributed by atoms with Crippen molar-refractivity contribution >= 4 is 28.7 Å². The molecule has 1 heterocycles. The van der Waals surface area contributed by atoms with Gasteiger partial charge in [0.15, 0.2) is 11.9 Å². The highest BCUT2D eigenvalue weighted by molar-refractivity contribution is 6.18. The highest BCUT2D eigenvalue weighted by Gasteiger charge is 2.23. The molecule has 1 aromatic heterocycles. The summed E-state index contributed by atoms with van der Waals surface area (Å²) in [6, 6.07) is 21.3. The summed E-state index contributed by atoms with van der Waals surface area (Å²) in [7, 11) is 1.62. The van der Waals surface area contributed by atoms with Gasteiger partial charge in [0.1, 0.15) is 5.75 Å². The second kappa shape index (κ2) is 11.3. The zero-order valence-corrected chi connectivity index (χ0v) is 21.5. The van der Waals surface area contributed by atoms with E-state index in [4.69, 9.17) is 14.6 Å². The molecule has 0 aliphatic heterocycles. The molecule has 6 heteroatoms. The summed E-state index contributed by atoms with van der Waals surface area (Å²) in [4.78, 5) is 24.5. The van der Waals surface area contributed by atoms with Crippen molar-refractivity contribution in [3.05, 3.63) is 106 Å². The molecule has 0 saturated heterocycles. The lowest BCUT2D eigenvalue weighted by Crippen LogP contribution is -2.19. The van der Waals surface area contributed by atoms with Gasteiger partial charge in [-0.3, -0.25) is 4.79 Å². The fraction of sp³-hybridized carbons (Fsp3) is 0.226. The number of carbonyl (C=O) groups is 2. The minimum Gasteiger partial charge on any atom is -0.496 e. The number of methoxy groups -OCH3 is 1. The van der Waals surface area contributed by atoms with E-state index in [-0.39, 0.29) is 12.4 Å². The molecular weight excluding hydrogens is 466 g/mol. The number of hydrogen-bond acceptors (Lipinski definition) is 4. The summed E-state index contributed by atoms with van der Waals surface area (Å²) >= 11 is 0. The smallest absolute Gasteiger partial charge is 0.332 e. The van der Waals surface area contributed by atoms with Gasteiger partial charge in [-0.15, -0.1) is 0 Å². The van der Waals surface area contributed by atoms with Crippen molar-refractivity contribution in [1.29, 1.82) is 0 Å². The molecule has 37 heavy (non-hydrogen) atoms. The quantitative estimate of drug-likeness (QED) is 0.264. The second-order valence-corrected chi connectivity index (χ2v) is 9.06. The molecule has 6 nitrogen and oxygen atoms in total. The number of ketones is 1. The fourth-order valence-electron chi connectivity index (χ4n) is 4.34. The number of aromatic nitrogens is 1. The van der Waals surface area contributed by atoms with Gasteiger partial charge >= 0.3 is 5.97 Å². The summed E-state index contributed by atoms with van der Waals surface area (Å²) in [6.45, 7) is 6.31. The average molecular weight is 498 g/mol. The number of aliphatic carboxylic acids is 1. The van der Waals surface area contributed by atoms with E-state index in [1.165, 1.54) is 6.92 Å². The first-order valence-corrected chi connectivity index (χ1v) is 12.2. The Kier molecular flexibility index (Phi) is 7.89. The Morgan fingerprint density at radius 3 is 2.35 bits per heavy atom. The first-order chi connectivity index (χ1) is 17.8. The van der Waals surface area contributed by atoms with E-state index in [1.807, 2.05) is 86.7 Å². The molecular formula is C31H31NO5. The van der Waals surface area contributed by atoms with Crippen molar-refractivity contribution in [1.82, 2.24) is 4.57 Å². The van der Waals surface area contributed by atoms with Gasteiger partial charge < -0.3 is 19.1 Å². The predicted octanol–water partition coefficient (Wildman–Crippen LogP) is 6.20. The van der Waals surface area contributed by atoms with Crippen LogP contribution < -0.4 is 4.74 Å². The Bertz CT molecular complexity index is 1450. The van der Waals surface area contributed by atoms with E-state index in [2.05, 4.69) is 10.6 Å². The molecule has 1 N–H and O–H groups in total. The number of carboxylic acids is 1. The molecule has 0 amide bonds. The van der Waals surface area contributed by atoms with Gasteiger partial charge in [0.05, 0.1) is 30.2 Å². The molecule has 190 valence electrons. The van der Waals surface area contributed by atoms with Crippen molar-refractivity contribution < 1.29 is 24.2 Å². The Balaban J connectivity index is 1.60. The molecule has 0 saturated carbocycles. The van der Waals surface area contributed by atoms with E-state index < -0.39 is 12.1 Å². The third kappa shape index (κ3) is 5.65. The largest absolute Gasteiger partial charge is 0.496 e. The number of fused-ring (bicyclic) bond motifs is 1. The molecule has 4 aromatic rings. The number of rotatable bonds is 10. The minimum atomic E-state index is -0.978. The molecule has 0 spiro atoms. The lowest BCUT2D eigenvalue weighted by molar-refractivity contribution is -0.149. The van der Waals surface area contributed by atoms with Gasteiger partial charge in [0.25, 0.3) is 0 Å². The molecule has 0 unspecified atom stereocenters. The lowest BCUT2D eigenvalue weighted by atomic mass is 9.99. The zero-order valence-electron chi connectivity index (χ0n) is 21.5. The average Bonchev–Trinajstić information content (AvgIpc) is 3.19. The first kappa shape index (κ1) is 25.9. The lowest BCUT2D eigenvalue weighted by Gasteiger charge is -2.08. The van der Waals surface area contributed by atoms with Crippen molar-refractivity contribution in [3.8, 4) is 5.75 Å². The normalized spacial score (nSPS) is 12.2. The second-order valence-electron chi connectivity index (χ2n) is 9.06. The number of allylic oxidation sites excluding steroid dienone is 1. The van der Waals surface area contributed by atoms with Crippen LogP contribution in [0.1, 0.15) is 45.2 Å². The van der Waals surface area contributed by atoms with Gasteiger partial charge in [-0.05, 0) is 44.0 Å². The molecule has 0 aliphatic rings. The van der Waals surface area contributed by atoms with Crippen molar-refractivity contribution in [2.24, 2.45) is 0 Å². The van der Waals surface area contributed by atoms with E-state index in [1.54, 1.807) is 7.11 Å². The van der Waals surface area contributed by atoms with E-state index >= 15 is 0 Å². The van der Waals surface area contributed by atoms with Crippen LogP contribution in [0.2, 0.25) is 0 Å². The minimum absolute atomic E-state index is 0.0234. The van der Waals surface area contributed by atoms with Crippen molar-refractivity contribution in [2.45, 2.75) is 40.0 Å². The van der Waals surface area contributed by atoms with Crippen LogP contribution in [0.4, 0.5) is 0 Å². The molecule has 0 radical (unpaired) electrons. The number of ether oxygens (including phenoxy) is 2. The highest BCUT2D eigenvalue weighted by atomic mass is 16.5. The highest BCUT2D eigenvalue weighted by Crippen LogP contribution is 2.35. The first-order valence-electron chi connectivity index (χ1n) is 12.2. The van der Waals surface area contributed by atoms with Crippen LogP contribution in [-0.4, -0.2) is 34.6 Å². The molecule has 0 fully saturated rings. The Morgan fingerprint density at radius 1 is 1.00 bits per heavy atom. The topological polar surface area (TPSA) is 77.8 Å². The van der Waals surface area contributed by atoms with Crippen LogP contribution in [0.15, 0.2) is 72.8 Å². The SMILES string of the molecule is COc1cccc2c1c(C(=O)c1ccc(C)cc1)c(C)n2C/C=C/c1ccc(CO[C@H](C)C(=O)O)cc1. The van der Waals surface area contributed by atoms with Crippen molar-refractivity contribution in [2.75, 3.05) is 7.11 Å².